The van der Waals surface area contributed by atoms with E-state index in [1.54, 1.807) is 0 Å². The number of aliphatic hydroxyl groups is 5. The van der Waals surface area contributed by atoms with Crippen LogP contribution in [0.3, 0.4) is 0 Å². The molecule has 0 heterocycles. The zero-order valence-corrected chi connectivity index (χ0v) is 42.2. The number of carbonyl (C=O) groups is 2. The van der Waals surface area contributed by atoms with Crippen LogP contribution < -0.4 is 0 Å². The van der Waals surface area contributed by atoms with Gasteiger partial charge in [-0.1, -0.05) is 232 Å². The molecule has 0 spiro atoms. The number of hydrogen-bond acceptors (Lipinski definition) is 12. The molecule has 65 heavy (non-hydrogen) atoms. The molecular formula is C51H99O13P. The van der Waals surface area contributed by atoms with Gasteiger partial charge in [0.2, 0.25) is 0 Å². The molecule has 6 unspecified atom stereocenters. The number of hydrogen-bond donors (Lipinski definition) is 6. The van der Waals surface area contributed by atoms with Gasteiger partial charge in [0.25, 0.3) is 0 Å². The van der Waals surface area contributed by atoms with E-state index < -0.39 is 75.7 Å². The Morgan fingerprint density at radius 3 is 1.02 bits per heavy atom. The first kappa shape index (κ1) is 61.9. The largest absolute Gasteiger partial charge is 0.472 e. The number of ether oxygens (including phenoxy) is 2. The third kappa shape index (κ3) is 33.9. The third-order valence-corrected chi connectivity index (χ3v) is 13.9. The van der Waals surface area contributed by atoms with E-state index >= 15 is 0 Å². The van der Waals surface area contributed by atoms with Gasteiger partial charge >= 0.3 is 19.8 Å². The van der Waals surface area contributed by atoms with Gasteiger partial charge in [-0.25, -0.2) is 4.57 Å². The molecule has 1 rings (SSSR count). The first-order valence-corrected chi connectivity index (χ1v) is 28.3. The summed E-state index contributed by atoms with van der Waals surface area (Å²) < 4.78 is 33.6. The van der Waals surface area contributed by atoms with Crippen LogP contribution in [-0.4, -0.2) is 98.3 Å². The Bertz CT molecular complexity index is 1150. The van der Waals surface area contributed by atoms with Crippen molar-refractivity contribution in [2.75, 3.05) is 13.2 Å². The number of unbranched alkanes of at least 4 members (excludes halogenated alkanes) is 34. The highest BCUT2D eigenvalue weighted by atomic mass is 31.2. The van der Waals surface area contributed by atoms with Crippen molar-refractivity contribution in [2.24, 2.45) is 0 Å². The normalized spacial score (nSPS) is 21.3. The summed E-state index contributed by atoms with van der Waals surface area (Å²) in [5, 5.41) is 50.2. The molecule has 6 atom stereocenters. The van der Waals surface area contributed by atoms with E-state index in [-0.39, 0.29) is 12.8 Å². The fourth-order valence-corrected chi connectivity index (χ4v) is 9.62. The van der Waals surface area contributed by atoms with Gasteiger partial charge in [0.1, 0.15) is 43.2 Å². The Morgan fingerprint density at radius 2 is 0.692 bits per heavy atom. The Balaban J connectivity index is 2.31. The lowest BCUT2D eigenvalue weighted by molar-refractivity contribution is -0.220. The lowest BCUT2D eigenvalue weighted by atomic mass is 9.85. The van der Waals surface area contributed by atoms with Crippen molar-refractivity contribution in [3.05, 3.63) is 0 Å². The quantitative estimate of drug-likeness (QED) is 0.0191. The van der Waals surface area contributed by atoms with Gasteiger partial charge in [0.05, 0.1) is 6.61 Å². The first-order valence-electron chi connectivity index (χ1n) is 26.8. The van der Waals surface area contributed by atoms with E-state index in [1.807, 2.05) is 0 Å². The average molecular weight is 951 g/mol. The third-order valence-electron chi connectivity index (χ3n) is 12.9. The Morgan fingerprint density at radius 1 is 0.415 bits per heavy atom. The topological polar surface area (TPSA) is 210 Å². The Labute approximate surface area is 395 Å². The maximum absolute atomic E-state index is 12.8. The summed E-state index contributed by atoms with van der Waals surface area (Å²) in [6.07, 6.45) is 31.7. The summed E-state index contributed by atoms with van der Waals surface area (Å²) in [5.41, 5.74) is 0. The number of carbonyl (C=O) groups excluding carboxylic acids is 2. The molecule has 1 fully saturated rings. The molecule has 0 aromatic rings. The van der Waals surface area contributed by atoms with Crippen LogP contribution in [0.25, 0.3) is 0 Å². The van der Waals surface area contributed by atoms with Crippen molar-refractivity contribution in [1.29, 1.82) is 0 Å². The molecule has 0 bridgehead atoms. The van der Waals surface area contributed by atoms with E-state index in [0.717, 1.165) is 38.5 Å². The number of rotatable bonds is 46. The standard InChI is InChI=1S/C51H99O13P/c1-3-5-7-9-11-13-15-17-18-19-20-21-22-23-24-25-26-27-28-30-32-34-36-38-40-45(53)63-43(41-61-44(52)39-37-35-33-31-29-16-14-12-10-8-6-4-2)42-62-65(59,60)64-51-49(57)47(55)46(54)48(56)50(51)58/h43,46-51,54-58H,3-42H2,1-2H3,(H,59,60). The highest BCUT2D eigenvalue weighted by Crippen LogP contribution is 2.47. The molecule has 13 nitrogen and oxygen atoms in total. The first-order chi connectivity index (χ1) is 31.4. The summed E-state index contributed by atoms with van der Waals surface area (Å²) in [7, 11) is -5.11. The minimum absolute atomic E-state index is 0.106. The minimum atomic E-state index is -5.11. The maximum Gasteiger partial charge on any atom is 0.472 e. The summed E-state index contributed by atoms with van der Waals surface area (Å²) >= 11 is 0. The van der Waals surface area contributed by atoms with Crippen molar-refractivity contribution in [3.8, 4) is 0 Å². The lowest BCUT2D eigenvalue weighted by Gasteiger charge is -2.41. The van der Waals surface area contributed by atoms with Crippen molar-refractivity contribution in [1.82, 2.24) is 0 Å². The lowest BCUT2D eigenvalue weighted by Crippen LogP contribution is -2.64. The Kier molecular flexibility index (Phi) is 39.8. The van der Waals surface area contributed by atoms with E-state index in [0.29, 0.717) is 12.8 Å². The van der Waals surface area contributed by atoms with Crippen LogP contribution in [0, 0.1) is 0 Å². The second kappa shape index (κ2) is 41.8. The predicted octanol–water partition coefficient (Wildman–Crippen LogP) is 11.6. The molecule has 1 aliphatic rings. The van der Waals surface area contributed by atoms with E-state index in [2.05, 4.69) is 13.8 Å². The molecule has 6 N–H and O–H groups in total. The van der Waals surface area contributed by atoms with E-state index in [9.17, 15) is 44.6 Å². The summed E-state index contributed by atoms with van der Waals surface area (Å²) in [4.78, 5) is 35.8. The molecule has 386 valence electrons. The fraction of sp³-hybridized carbons (Fsp3) is 0.961. The summed E-state index contributed by atoms with van der Waals surface area (Å²) in [6.45, 7) is 3.34. The monoisotopic (exact) mass is 951 g/mol. The average Bonchev–Trinajstić information content (AvgIpc) is 3.29. The highest BCUT2D eigenvalue weighted by molar-refractivity contribution is 7.47. The van der Waals surface area contributed by atoms with E-state index in [1.165, 1.54) is 180 Å². The molecule has 0 amide bonds. The van der Waals surface area contributed by atoms with Gasteiger partial charge in [-0.05, 0) is 12.8 Å². The van der Waals surface area contributed by atoms with Gasteiger partial charge in [-0.2, -0.15) is 0 Å². The van der Waals surface area contributed by atoms with Crippen LogP contribution >= 0.6 is 7.82 Å². The SMILES string of the molecule is CCCCCCCCCCCCCCCCCCCCCCCCCCC(=O)OC(COC(=O)CCCCCCCCCCCCCC)COP(=O)(O)OC1C(O)C(O)C(O)C(O)C1O. The van der Waals surface area contributed by atoms with Crippen LogP contribution in [0.2, 0.25) is 0 Å². The molecule has 0 saturated heterocycles. The van der Waals surface area contributed by atoms with Gasteiger partial charge in [-0.15, -0.1) is 0 Å². The predicted molar refractivity (Wildman–Crippen MR) is 258 cm³/mol. The second-order valence-electron chi connectivity index (χ2n) is 19.1. The molecule has 0 aromatic heterocycles. The smallest absolute Gasteiger partial charge is 0.462 e. The summed E-state index contributed by atoms with van der Waals surface area (Å²) in [5.74, 6) is -1.08. The van der Waals surface area contributed by atoms with Gasteiger partial charge < -0.3 is 39.9 Å². The van der Waals surface area contributed by atoms with Crippen molar-refractivity contribution >= 4 is 19.8 Å². The van der Waals surface area contributed by atoms with Crippen LogP contribution in [0.15, 0.2) is 0 Å². The molecule has 1 saturated carbocycles. The fourth-order valence-electron chi connectivity index (χ4n) is 8.64. The molecule has 0 radical (unpaired) electrons. The molecule has 1 aliphatic carbocycles. The number of esters is 2. The van der Waals surface area contributed by atoms with Crippen LogP contribution in [0.4, 0.5) is 0 Å². The number of aliphatic hydroxyl groups excluding tert-OH is 5. The van der Waals surface area contributed by atoms with Crippen LogP contribution in [-0.2, 0) is 32.7 Å². The molecule has 0 aromatic carbocycles. The zero-order chi connectivity index (χ0) is 47.8. The second-order valence-corrected chi connectivity index (χ2v) is 20.5. The van der Waals surface area contributed by atoms with E-state index in [4.69, 9.17) is 18.5 Å². The maximum atomic E-state index is 12.8. The minimum Gasteiger partial charge on any atom is -0.462 e. The van der Waals surface area contributed by atoms with Crippen molar-refractivity contribution in [3.63, 3.8) is 0 Å². The van der Waals surface area contributed by atoms with Gasteiger partial charge in [0, 0.05) is 12.8 Å². The molecule has 0 aliphatic heterocycles. The number of phosphoric ester groups is 1. The summed E-state index contributed by atoms with van der Waals surface area (Å²) in [6, 6.07) is 0. The zero-order valence-electron chi connectivity index (χ0n) is 41.3. The van der Waals surface area contributed by atoms with Crippen molar-refractivity contribution < 1.29 is 63.1 Å². The van der Waals surface area contributed by atoms with Crippen LogP contribution in [0.1, 0.15) is 258 Å². The molecule has 14 heteroatoms. The Hall–Kier alpha value is -1.15. The van der Waals surface area contributed by atoms with Gasteiger partial charge in [0.15, 0.2) is 6.10 Å². The highest BCUT2D eigenvalue weighted by Gasteiger charge is 2.51. The van der Waals surface area contributed by atoms with Crippen molar-refractivity contribution in [2.45, 2.75) is 301 Å². The molecular weight excluding hydrogens is 852 g/mol. The van der Waals surface area contributed by atoms with Gasteiger partial charge in [-0.3, -0.25) is 18.6 Å². The van der Waals surface area contributed by atoms with Crippen LogP contribution in [0.5, 0.6) is 0 Å². The number of phosphoric acid groups is 1.